The van der Waals surface area contributed by atoms with E-state index in [4.69, 9.17) is 10.5 Å². The average Bonchev–Trinajstić information content (AvgIpc) is 3.49. The van der Waals surface area contributed by atoms with E-state index in [0.29, 0.717) is 32.7 Å². The van der Waals surface area contributed by atoms with E-state index >= 15 is 0 Å². The lowest BCUT2D eigenvalue weighted by molar-refractivity contribution is -0.0465. The van der Waals surface area contributed by atoms with Crippen LogP contribution in [0.3, 0.4) is 0 Å². The SMILES string of the molecule is N[C@H]1C[C@@H](N2CC3=C(C2)CN(S(=O)(=O)C2CC2)CC3)CO[C@@H]1c1cc(F)ccc1F. The minimum absolute atomic E-state index is 0.0759. The van der Waals surface area contributed by atoms with Gasteiger partial charge in [-0.3, -0.25) is 4.90 Å². The van der Waals surface area contributed by atoms with Gasteiger partial charge in [0.25, 0.3) is 0 Å². The van der Waals surface area contributed by atoms with Crippen LogP contribution in [0.25, 0.3) is 0 Å². The van der Waals surface area contributed by atoms with Crippen molar-refractivity contribution >= 4 is 10.0 Å². The molecule has 2 N–H and O–H groups in total. The van der Waals surface area contributed by atoms with Gasteiger partial charge in [-0.1, -0.05) is 5.57 Å². The molecule has 3 heterocycles. The average molecular weight is 440 g/mol. The van der Waals surface area contributed by atoms with Crippen LogP contribution in [0.1, 0.15) is 37.4 Å². The van der Waals surface area contributed by atoms with Crippen molar-refractivity contribution in [1.29, 1.82) is 0 Å². The second kappa shape index (κ2) is 7.63. The van der Waals surface area contributed by atoms with Crippen LogP contribution in [0.4, 0.5) is 8.78 Å². The quantitative estimate of drug-likeness (QED) is 0.726. The summed E-state index contributed by atoms with van der Waals surface area (Å²) in [6, 6.07) is 2.98. The molecule has 0 unspecified atom stereocenters. The molecule has 6 nitrogen and oxygen atoms in total. The summed E-state index contributed by atoms with van der Waals surface area (Å²) in [5.41, 5.74) is 8.99. The Kier molecular flexibility index (Phi) is 5.22. The van der Waals surface area contributed by atoms with Crippen molar-refractivity contribution in [3.8, 4) is 0 Å². The maximum atomic E-state index is 14.1. The van der Waals surface area contributed by atoms with Gasteiger partial charge in [0, 0.05) is 43.8 Å². The van der Waals surface area contributed by atoms with Crippen molar-refractivity contribution in [3.05, 3.63) is 46.5 Å². The van der Waals surface area contributed by atoms with Crippen LogP contribution in [-0.4, -0.2) is 67.7 Å². The molecular formula is C21H27F2N3O3S. The van der Waals surface area contributed by atoms with E-state index in [1.54, 1.807) is 4.31 Å². The summed E-state index contributed by atoms with van der Waals surface area (Å²) < 4.78 is 60.4. The zero-order chi connectivity index (χ0) is 21.0. The monoisotopic (exact) mass is 439 g/mol. The smallest absolute Gasteiger partial charge is 0.217 e. The summed E-state index contributed by atoms with van der Waals surface area (Å²) in [4.78, 5) is 2.29. The number of ether oxygens (including phenoxy) is 1. The first-order valence-corrected chi connectivity index (χ1v) is 12.1. The van der Waals surface area contributed by atoms with Crippen molar-refractivity contribution in [2.75, 3.05) is 32.8 Å². The fourth-order valence-electron chi connectivity index (χ4n) is 4.94. The molecule has 2 fully saturated rings. The molecule has 1 aromatic carbocycles. The van der Waals surface area contributed by atoms with E-state index in [1.165, 1.54) is 11.1 Å². The van der Waals surface area contributed by atoms with Crippen LogP contribution in [0.2, 0.25) is 0 Å². The normalized spacial score (nSPS) is 31.2. The fraction of sp³-hybridized carbons (Fsp3) is 0.619. The Hall–Kier alpha value is -1.39. The van der Waals surface area contributed by atoms with Gasteiger partial charge in [0.15, 0.2) is 0 Å². The molecule has 0 bridgehead atoms. The summed E-state index contributed by atoms with van der Waals surface area (Å²) in [7, 11) is -3.15. The highest BCUT2D eigenvalue weighted by Crippen LogP contribution is 2.37. The summed E-state index contributed by atoms with van der Waals surface area (Å²) in [6.07, 6.45) is 2.28. The molecule has 0 radical (unpaired) electrons. The number of hydrogen-bond acceptors (Lipinski definition) is 5. The van der Waals surface area contributed by atoms with Crippen molar-refractivity contribution in [1.82, 2.24) is 9.21 Å². The Labute approximate surface area is 175 Å². The lowest BCUT2D eigenvalue weighted by Crippen LogP contribution is -2.49. The Balaban J connectivity index is 1.22. The van der Waals surface area contributed by atoms with Crippen LogP contribution in [-0.2, 0) is 14.8 Å². The lowest BCUT2D eigenvalue weighted by Gasteiger charge is -2.39. The Morgan fingerprint density at radius 2 is 1.87 bits per heavy atom. The Bertz CT molecular complexity index is 980. The fourth-order valence-corrected chi connectivity index (χ4v) is 6.78. The second-order valence-corrected chi connectivity index (χ2v) is 11.1. The molecule has 0 spiro atoms. The molecule has 1 saturated heterocycles. The third kappa shape index (κ3) is 3.71. The van der Waals surface area contributed by atoms with Gasteiger partial charge in [0.2, 0.25) is 10.0 Å². The third-order valence-corrected chi connectivity index (χ3v) is 9.15. The van der Waals surface area contributed by atoms with Gasteiger partial charge in [0.1, 0.15) is 17.7 Å². The van der Waals surface area contributed by atoms with Gasteiger partial charge in [-0.25, -0.2) is 17.2 Å². The maximum absolute atomic E-state index is 14.1. The van der Waals surface area contributed by atoms with Gasteiger partial charge < -0.3 is 10.5 Å². The van der Waals surface area contributed by atoms with Gasteiger partial charge in [-0.15, -0.1) is 0 Å². The highest BCUT2D eigenvalue weighted by atomic mass is 32.2. The topological polar surface area (TPSA) is 75.9 Å². The number of rotatable bonds is 4. The summed E-state index contributed by atoms with van der Waals surface area (Å²) in [5, 5.41) is -0.179. The predicted octanol–water partition coefficient (Wildman–Crippen LogP) is 1.93. The molecule has 3 atom stereocenters. The van der Waals surface area contributed by atoms with Crippen LogP contribution in [0.5, 0.6) is 0 Å². The minimum Gasteiger partial charge on any atom is -0.370 e. The lowest BCUT2D eigenvalue weighted by atomic mass is 9.93. The standard InChI is InChI=1S/C21H27F2N3O3S/c22-15-1-4-19(23)18(7-15)21-20(24)8-16(12-29-21)25-9-13-5-6-26(11-14(13)10-25)30(27,28)17-2-3-17/h1,4,7,16-17,20-21H,2-3,5-6,8-12,24H2/t16-,20+,21-/m1/s1. The molecule has 9 heteroatoms. The van der Waals surface area contributed by atoms with Gasteiger partial charge in [-0.05, 0) is 49.5 Å². The highest BCUT2D eigenvalue weighted by Gasteiger charge is 2.43. The van der Waals surface area contributed by atoms with Crippen molar-refractivity contribution in [3.63, 3.8) is 0 Å². The molecule has 1 saturated carbocycles. The van der Waals surface area contributed by atoms with Crippen LogP contribution >= 0.6 is 0 Å². The number of nitrogens with two attached hydrogens (primary N) is 1. The Morgan fingerprint density at radius 1 is 1.10 bits per heavy atom. The largest absolute Gasteiger partial charge is 0.370 e. The molecule has 3 aliphatic heterocycles. The number of sulfonamides is 1. The Morgan fingerprint density at radius 3 is 2.60 bits per heavy atom. The molecule has 1 aliphatic carbocycles. The van der Waals surface area contributed by atoms with Crippen LogP contribution < -0.4 is 5.73 Å². The van der Waals surface area contributed by atoms with Crippen molar-refractivity contribution in [2.45, 2.75) is 49.1 Å². The number of hydrogen-bond donors (Lipinski definition) is 1. The van der Waals surface area contributed by atoms with Gasteiger partial charge in [-0.2, -0.15) is 4.31 Å². The number of benzene rings is 1. The molecule has 0 amide bonds. The zero-order valence-corrected chi connectivity index (χ0v) is 17.6. The summed E-state index contributed by atoms with van der Waals surface area (Å²) >= 11 is 0. The molecule has 4 aliphatic rings. The molecule has 0 aromatic heterocycles. The number of halogens is 2. The predicted molar refractivity (Wildman–Crippen MR) is 108 cm³/mol. The first kappa shape index (κ1) is 20.5. The zero-order valence-electron chi connectivity index (χ0n) is 16.8. The third-order valence-electron chi connectivity index (χ3n) is 6.81. The van der Waals surface area contributed by atoms with Crippen molar-refractivity contribution in [2.24, 2.45) is 5.73 Å². The molecule has 30 heavy (non-hydrogen) atoms. The van der Waals surface area contributed by atoms with E-state index in [2.05, 4.69) is 4.90 Å². The molecular weight excluding hydrogens is 412 g/mol. The first-order valence-electron chi connectivity index (χ1n) is 10.6. The molecule has 5 rings (SSSR count). The second-order valence-electron chi connectivity index (χ2n) is 8.91. The molecule has 164 valence electrons. The maximum Gasteiger partial charge on any atom is 0.217 e. The number of nitrogens with zero attached hydrogens (tertiary/aromatic N) is 2. The van der Waals surface area contributed by atoms with Crippen molar-refractivity contribution < 1.29 is 21.9 Å². The van der Waals surface area contributed by atoms with E-state index < -0.39 is 33.8 Å². The van der Waals surface area contributed by atoms with E-state index in [-0.39, 0.29) is 16.9 Å². The first-order chi connectivity index (χ1) is 14.3. The highest BCUT2D eigenvalue weighted by molar-refractivity contribution is 7.90. The molecule has 1 aromatic rings. The summed E-state index contributed by atoms with van der Waals surface area (Å²) in [6.45, 7) is 2.95. The summed E-state index contributed by atoms with van der Waals surface area (Å²) in [5.74, 6) is -1.02. The van der Waals surface area contributed by atoms with E-state index in [9.17, 15) is 17.2 Å². The van der Waals surface area contributed by atoms with E-state index in [0.717, 1.165) is 44.0 Å². The van der Waals surface area contributed by atoms with Gasteiger partial charge in [0.05, 0.1) is 11.9 Å². The minimum atomic E-state index is -3.15. The van der Waals surface area contributed by atoms with Crippen LogP contribution in [0, 0.1) is 11.6 Å². The van der Waals surface area contributed by atoms with E-state index in [1.807, 2.05) is 0 Å². The van der Waals surface area contributed by atoms with Crippen LogP contribution in [0.15, 0.2) is 29.3 Å². The van der Waals surface area contributed by atoms with Gasteiger partial charge >= 0.3 is 0 Å².